The molecular weight excluding hydrogens is 384 g/mol. The van der Waals surface area contributed by atoms with Crippen LogP contribution < -0.4 is 5.32 Å². The summed E-state index contributed by atoms with van der Waals surface area (Å²) in [5, 5.41) is 3.15. The van der Waals surface area contributed by atoms with Gasteiger partial charge in [0.05, 0.1) is 16.9 Å². The highest BCUT2D eigenvalue weighted by Gasteiger charge is 2.34. The lowest BCUT2D eigenvalue weighted by molar-refractivity contribution is -0.126. The first-order valence-corrected chi connectivity index (χ1v) is 11.7. The van der Waals surface area contributed by atoms with Crippen molar-refractivity contribution in [3.05, 3.63) is 65.2 Å². The first-order chi connectivity index (χ1) is 13.8. The van der Waals surface area contributed by atoms with Gasteiger partial charge in [-0.15, -0.1) is 0 Å². The van der Waals surface area contributed by atoms with Gasteiger partial charge in [0.2, 0.25) is 15.9 Å². The van der Waals surface area contributed by atoms with E-state index in [0.29, 0.717) is 19.4 Å². The molecule has 1 amide bonds. The summed E-state index contributed by atoms with van der Waals surface area (Å²) < 4.78 is 27.5. The van der Waals surface area contributed by atoms with Gasteiger partial charge in [0.15, 0.2) is 0 Å². The maximum absolute atomic E-state index is 13.0. The maximum Gasteiger partial charge on any atom is 0.243 e. The number of carbonyl (C=O) groups excluding carboxylic acids is 1. The summed E-state index contributed by atoms with van der Waals surface area (Å²) in [6.45, 7) is 6.70. The van der Waals surface area contributed by atoms with Crippen molar-refractivity contribution in [2.24, 2.45) is 5.92 Å². The number of nitrogens with one attached hydrogen (secondary N) is 1. The van der Waals surface area contributed by atoms with Gasteiger partial charge >= 0.3 is 0 Å². The van der Waals surface area contributed by atoms with Crippen molar-refractivity contribution in [1.82, 2.24) is 9.62 Å². The molecule has 0 unspecified atom stereocenters. The van der Waals surface area contributed by atoms with Gasteiger partial charge in [-0.2, -0.15) is 4.31 Å². The molecule has 1 N–H and O–H groups in total. The number of carbonyl (C=O) groups is 1. The average Bonchev–Trinajstić information content (AvgIpc) is 2.73. The largest absolute Gasteiger partial charge is 0.349 e. The first kappa shape index (κ1) is 21.5. The minimum absolute atomic E-state index is 0.0622. The van der Waals surface area contributed by atoms with Crippen LogP contribution in [0.15, 0.2) is 53.4 Å². The number of nitrogens with zero attached hydrogens (tertiary/aromatic N) is 1. The van der Waals surface area contributed by atoms with Crippen LogP contribution in [0.1, 0.15) is 48.9 Å². The Labute approximate surface area is 174 Å². The Balaban J connectivity index is 1.72. The van der Waals surface area contributed by atoms with Crippen molar-refractivity contribution in [2.75, 3.05) is 13.1 Å². The lowest BCUT2D eigenvalue weighted by atomic mass is 9.95. The molecule has 0 spiro atoms. The van der Waals surface area contributed by atoms with Crippen LogP contribution in [0.2, 0.25) is 0 Å². The number of benzene rings is 2. The van der Waals surface area contributed by atoms with Crippen LogP contribution in [-0.2, 0) is 14.8 Å². The molecule has 2 atom stereocenters. The molecule has 0 aromatic heterocycles. The molecule has 1 aliphatic heterocycles. The van der Waals surface area contributed by atoms with Crippen LogP contribution in [0.5, 0.6) is 0 Å². The predicted octanol–water partition coefficient (Wildman–Crippen LogP) is 3.97. The highest BCUT2D eigenvalue weighted by atomic mass is 32.2. The van der Waals surface area contributed by atoms with Gasteiger partial charge in [-0.05, 0) is 56.4 Å². The molecule has 3 rings (SSSR count). The Morgan fingerprint density at radius 1 is 1.14 bits per heavy atom. The van der Waals surface area contributed by atoms with Crippen molar-refractivity contribution in [2.45, 2.75) is 51.0 Å². The topological polar surface area (TPSA) is 66.5 Å². The van der Waals surface area contributed by atoms with Crippen LogP contribution >= 0.6 is 0 Å². The van der Waals surface area contributed by atoms with Gasteiger partial charge in [0, 0.05) is 13.1 Å². The highest BCUT2D eigenvalue weighted by Crippen LogP contribution is 2.26. The van der Waals surface area contributed by atoms with Gasteiger partial charge in [-0.25, -0.2) is 8.42 Å². The minimum Gasteiger partial charge on any atom is -0.349 e. The Bertz CT molecular complexity index is 954. The molecule has 156 valence electrons. The summed E-state index contributed by atoms with van der Waals surface area (Å²) in [6.07, 6.45) is 2.18. The van der Waals surface area contributed by atoms with Gasteiger partial charge in [-0.3, -0.25) is 4.79 Å². The van der Waals surface area contributed by atoms with Crippen molar-refractivity contribution >= 4 is 15.9 Å². The van der Waals surface area contributed by atoms with Gasteiger partial charge in [0.1, 0.15) is 0 Å². The van der Waals surface area contributed by atoms with Gasteiger partial charge in [-0.1, -0.05) is 48.9 Å². The number of aryl methyl sites for hydroxylation is 2. The van der Waals surface area contributed by atoms with Crippen molar-refractivity contribution in [3.63, 3.8) is 0 Å². The van der Waals surface area contributed by atoms with E-state index in [1.165, 1.54) is 4.31 Å². The third-order valence-electron chi connectivity index (χ3n) is 5.70. The molecule has 1 heterocycles. The van der Waals surface area contributed by atoms with Gasteiger partial charge in [0.25, 0.3) is 0 Å². The fourth-order valence-electron chi connectivity index (χ4n) is 3.90. The molecule has 0 aliphatic carbocycles. The fraction of sp³-hybridized carbons (Fsp3) is 0.435. The SMILES string of the molecule is CC[C@@H](NC(=O)[C@H]1CCCN(S(=O)(=O)c2ccc(C)cc2)C1)c1ccccc1C. The zero-order valence-electron chi connectivity index (χ0n) is 17.4. The third kappa shape index (κ3) is 4.87. The zero-order valence-corrected chi connectivity index (χ0v) is 18.2. The molecule has 2 aromatic rings. The van der Waals surface area contributed by atoms with E-state index in [1.807, 2.05) is 45.0 Å². The first-order valence-electron chi connectivity index (χ1n) is 10.3. The molecule has 5 nitrogen and oxygen atoms in total. The minimum atomic E-state index is -3.58. The smallest absolute Gasteiger partial charge is 0.243 e. The molecule has 0 bridgehead atoms. The number of sulfonamides is 1. The Morgan fingerprint density at radius 3 is 2.48 bits per heavy atom. The van der Waals surface area contributed by atoms with Crippen molar-refractivity contribution in [1.29, 1.82) is 0 Å². The molecule has 1 fully saturated rings. The van der Waals surface area contributed by atoms with E-state index in [4.69, 9.17) is 0 Å². The second kappa shape index (κ2) is 9.09. The van der Waals surface area contributed by atoms with Crippen molar-refractivity contribution in [3.8, 4) is 0 Å². The number of amides is 1. The standard InChI is InChI=1S/C23H30N2O3S/c1-4-22(21-10-6-5-8-18(21)3)24-23(26)19-9-7-15-25(16-19)29(27,28)20-13-11-17(2)12-14-20/h5-6,8,10-14,19,22H,4,7,9,15-16H2,1-3H3,(H,24,26)/t19-,22+/m0/s1. The summed E-state index contributed by atoms with van der Waals surface area (Å²) in [5.74, 6) is -0.397. The van der Waals surface area contributed by atoms with E-state index in [-0.39, 0.29) is 29.3 Å². The van der Waals surface area contributed by atoms with Crippen LogP contribution in [0, 0.1) is 19.8 Å². The molecule has 29 heavy (non-hydrogen) atoms. The lowest BCUT2D eigenvalue weighted by Crippen LogP contribution is -2.46. The summed E-state index contributed by atoms with van der Waals surface area (Å²) in [7, 11) is -3.58. The van der Waals surface area contributed by atoms with E-state index in [1.54, 1.807) is 24.3 Å². The molecule has 0 saturated carbocycles. The fourth-order valence-corrected chi connectivity index (χ4v) is 5.42. The summed E-state index contributed by atoms with van der Waals surface area (Å²) in [4.78, 5) is 13.3. The Morgan fingerprint density at radius 2 is 1.83 bits per heavy atom. The monoisotopic (exact) mass is 414 g/mol. The van der Waals surface area contributed by atoms with E-state index in [0.717, 1.165) is 23.1 Å². The number of hydrogen-bond donors (Lipinski definition) is 1. The lowest BCUT2D eigenvalue weighted by Gasteiger charge is -2.32. The van der Waals surface area contributed by atoms with Crippen LogP contribution in [0.3, 0.4) is 0 Å². The maximum atomic E-state index is 13.0. The van der Waals surface area contributed by atoms with E-state index in [2.05, 4.69) is 5.32 Å². The Hall–Kier alpha value is -2.18. The molecule has 6 heteroatoms. The molecule has 1 saturated heterocycles. The third-order valence-corrected chi connectivity index (χ3v) is 7.58. The number of piperidine rings is 1. The van der Waals surface area contributed by atoms with Crippen LogP contribution in [-0.4, -0.2) is 31.7 Å². The van der Waals surface area contributed by atoms with E-state index < -0.39 is 10.0 Å². The summed E-state index contributed by atoms with van der Waals surface area (Å²) in [5.41, 5.74) is 3.27. The number of rotatable bonds is 6. The van der Waals surface area contributed by atoms with Crippen LogP contribution in [0.4, 0.5) is 0 Å². The summed E-state index contributed by atoms with van der Waals surface area (Å²) in [6, 6.07) is 14.9. The predicted molar refractivity (Wildman–Crippen MR) is 115 cm³/mol. The zero-order chi connectivity index (χ0) is 21.0. The number of hydrogen-bond acceptors (Lipinski definition) is 3. The van der Waals surface area contributed by atoms with Crippen LogP contribution in [0.25, 0.3) is 0 Å². The molecule has 2 aromatic carbocycles. The van der Waals surface area contributed by atoms with Crippen molar-refractivity contribution < 1.29 is 13.2 Å². The molecule has 0 radical (unpaired) electrons. The van der Waals surface area contributed by atoms with E-state index in [9.17, 15) is 13.2 Å². The Kier molecular flexibility index (Phi) is 6.75. The van der Waals surface area contributed by atoms with Gasteiger partial charge < -0.3 is 5.32 Å². The molecular formula is C23H30N2O3S. The second-order valence-corrected chi connectivity index (χ2v) is 9.78. The van der Waals surface area contributed by atoms with E-state index >= 15 is 0 Å². The normalized spacial score (nSPS) is 18.9. The highest BCUT2D eigenvalue weighted by molar-refractivity contribution is 7.89. The summed E-state index contributed by atoms with van der Waals surface area (Å²) >= 11 is 0. The average molecular weight is 415 g/mol. The second-order valence-electron chi connectivity index (χ2n) is 7.84. The quantitative estimate of drug-likeness (QED) is 0.778. The molecule has 1 aliphatic rings.